The fourth-order valence-corrected chi connectivity index (χ4v) is 7.46. The third kappa shape index (κ3) is 11.4. The second-order valence-electron chi connectivity index (χ2n) is 16.8. The Morgan fingerprint density at radius 1 is 1.00 bits per heavy atom. The summed E-state index contributed by atoms with van der Waals surface area (Å²) in [5, 5.41) is 34.1. The number of aromatic hydroxyl groups is 1. The van der Waals surface area contributed by atoms with E-state index < -0.39 is 53.7 Å². The van der Waals surface area contributed by atoms with Crippen LogP contribution in [0.25, 0.3) is 22.5 Å². The number of nitrogens with zero attached hydrogens (tertiary/aromatic N) is 4. The zero-order chi connectivity index (χ0) is 46.9. The number of aryl methyl sites for hydroxylation is 2. The zero-order valence-electron chi connectivity index (χ0n) is 37.6. The highest BCUT2D eigenvalue weighted by molar-refractivity contribution is 6.00. The molecule has 4 atom stereocenters. The molecule has 4 bridgehead atoms. The van der Waals surface area contributed by atoms with Crippen LogP contribution in [-0.4, -0.2) is 108 Å². The monoisotopic (exact) mass is 874 g/mol. The topological polar surface area (TPSA) is 254 Å². The van der Waals surface area contributed by atoms with Crippen LogP contribution in [0.15, 0.2) is 60.7 Å². The van der Waals surface area contributed by atoms with Crippen LogP contribution in [0.5, 0.6) is 11.5 Å². The summed E-state index contributed by atoms with van der Waals surface area (Å²) in [5.74, 6) is -2.74. The molecule has 1 aliphatic rings. The Labute approximate surface area is 373 Å². The van der Waals surface area contributed by atoms with Gasteiger partial charge in [-0.1, -0.05) is 57.2 Å². The predicted molar refractivity (Wildman–Crippen MR) is 241 cm³/mol. The molecule has 2 heterocycles. The number of hydrogen-bond acceptors (Lipinski definition) is 12. The van der Waals surface area contributed by atoms with Gasteiger partial charge >= 0.3 is 0 Å². The van der Waals surface area contributed by atoms with Gasteiger partial charge in [-0.25, -0.2) is 9.97 Å². The molecule has 0 saturated heterocycles. The third-order valence-corrected chi connectivity index (χ3v) is 11.0. The van der Waals surface area contributed by atoms with Gasteiger partial charge in [-0.05, 0) is 87.2 Å². The lowest BCUT2D eigenvalue weighted by Crippen LogP contribution is -2.56. The van der Waals surface area contributed by atoms with Crippen LogP contribution in [0.2, 0.25) is 0 Å². The van der Waals surface area contributed by atoms with Gasteiger partial charge in [-0.2, -0.15) is 5.26 Å². The number of nitriles is 1. The molecule has 0 radical (unpaired) electrons. The van der Waals surface area contributed by atoms with E-state index in [2.05, 4.69) is 57.3 Å². The van der Waals surface area contributed by atoms with E-state index >= 15 is 0 Å². The minimum absolute atomic E-state index is 0.00136. The largest absolute Gasteiger partial charge is 0.507 e. The maximum absolute atomic E-state index is 14.6. The van der Waals surface area contributed by atoms with E-state index in [1.54, 1.807) is 51.2 Å². The molecular weight excluding hydrogens is 817 g/mol. The molecule has 4 unspecified atom stereocenters. The zero-order valence-corrected chi connectivity index (χ0v) is 37.6. The summed E-state index contributed by atoms with van der Waals surface area (Å²) >= 11 is 0. The van der Waals surface area contributed by atoms with Crippen molar-refractivity contribution in [2.45, 2.75) is 84.0 Å². The van der Waals surface area contributed by atoms with Gasteiger partial charge in [-0.3, -0.25) is 24.0 Å². The van der Waals surface area contributed by atoms with E-state index in [4.69, 9.17) is 15.7 Å². The number of phenolic OH excluding ortho intramolecular Hbond substituents is 1. The number of fused-ring (bicyclic) bond motifs is 5. The number of benzene rings is 3. The highest BCUT2D eigenvalue weighted by atomic mass is 16.5. The molecule has 1 aliphatic heterocycles. The number of nitrogens with two attached hydrogens (primary N) is 1. The van der Waals surface area contributed by atoms with E-state index in [0.717, 1.165) is 11.1 Å². The summed E-state index contributed by atoms with van der Waals surface area (Å²) in [6.45, 7) is 11.6. The molecule has 5 rings (SSSR count). The van der Waals surface area contributed by atoms with Crippen molar-refractivity contribution in [2.24, 2.45) is 5.73 Å². The highest BCUT2D eigenvalue weighted by Gasteiger charge is 2.36. The van der Waals surface area contributed by atoms with Gasteiger partial charge in [0.05, 0.1) is 23.0 Å². The second-order valence-corrected chi connectivity index (χ2v) is 16.8. The Kier molecular flexibility index (Phi) is 15.8. The number of carbonyl (C=O) groups excluding carboxylic acids is 5. The van der Waals surface area contributed by atoms with Crippen molar-refractivity contribution in [1.82, 2.24) is 41.5 Å². The van der Waals surface area contributed by atoms with Crippen LogP contribution in [0.4, 0.5) is 0 Å². The van der Waals surface area contributed by atoms with Crippen LogP contribution in [0, 0.1) is 25.2 Å². The molecule has 0 aliphatic carbocycles. The maximum Gasteiger partial charge on any atom is 0.255 e. The number of ether oxygens (including phenoxy) is 1. The molecule has 4 aromatic rings. The van der Waals surface area contributed by atoms with Gasteiger partial charge in [-0.15, -0.1) is 0 Å². The van der Waals surface area contributed by atoms with E-state index in [1.807, 2.05) is 30.3 Å². The minimum atomic E-state index is -1.41. The molecule has 1 aromatic heterocycles. The van der Waals surface area contributed by atoms with Gasteiger partial charge < -0.3 is 47.1 Å². The number of nitrogens with one attached hydrogen (secondary N) is 5. The van der Waals surface area contributed by atoms with Gasteiger partial charge in [0.25, 0.3) is 5.91 Å². The predicted octanol–water partition coefficient (Wildman–Crippen LogP) is 2.86. The number of phenols is 1. The van der Waals surface area contributed by atoms with Crippen molar-refractivity contribution < 1.29 is 33.8 Å². The highest BCUT2D eigenvalue weighted by Crippen LogP contribution is 2.39. The number of aromatic nitrogens is 2. The van der Waals surface area contributed by atoms with Crippen LogP contribution in [0.3, 0.4) is 0 Å². The molecule has 0 fully saturated rings. The average molecular weight is 875 g/mol. The smallest absolute Gasteiger partial charge is 0.255 e. The number of likely N-dealkylation sites (N-methyl/N-ethyl adjacent to an activating group) is 2. The lowest BCUT2D eigenvalue weighted by Gasteiger charge is -2.32. The van der Waals surface area contributed by atoms with Crippen molar-refractivity contribution in [2.75, 3.05) is 40.3 Å². The van der Waals surface area contributed by atoms with E-state index in [0.29, 0.717) is 40.6 Å². The molecule has 338 valence electrons. The van der Waals surface area contributed by atoms with Crippen molar-refractivity contribution >= 4 is 29.5 Å². The summed E-state index contributed by atoms with van der Waals surface area (Å²) in [5.41, 5.74) is 10.4. The molecule has 8 N–H and O–H groups in total. The average Bonchev–Trinajstić information content (AvgIpc) is 3.25. The van der Waals surface area contributed by atoms with Crippen molar-refractivity contribution in [3.05, 3.63) is 94.3 Å². The second kappa shape index (κ2) is 21.0. The fourth-order valence-electron chi connectivity index (χ4n) is 7.46. The molecule has 17 heteroatoms. The van der Waals surface area contributed by atoms with Crippen LogP contribution in [-0.2, 0) is 31.0 Å². The lowest BCUT2D eigenvalue weighted by atomic mass is 9.86. The Bertz CT molecular complexity index is 2400. The molecule has 0 saturated carbocycles. The maximum atomic E-state index is 14.6. The van der Waals surface area contributed by atoms with Gasteiger partial charge in [0.2, 0.25) is 23.6 Å². The SMILES string of the molecule is CNCCOc1ccc2cc1-c1cc(ccc1O)CC(C(=O)NCC#N)NC(=O)C(C)NC(=O)C2N(C)C(=O)C(CCN)NC(=O)c1c(C)nc(-c2ccc(C(C)(C)C)cc2)nc1C. The number of carbonyl (C=O) groups is 5. The standard InChI is InChI=1S/C47H58N10O7/c1-26-39(27(2)53-41(52-26)30-10-13-32(14-11-30)47(4,5)6)44(61)55-35(17-18-48)46(63)57(8)40-31-12-16-38(64-22-21-50-7)34(25-31)33-23-29(9-15-37(33)58)24-36(43(60)51-20-19-49)56-42(59)28(3)54-45(40)62/h9-16,23,25,28,35-36,40,50,58H,17-18,20-22,24,48H2,1-8H3,(H,51,60)(H,54,62)(H,55,61)(H,56,59). The van der Waals surface area contributed by atoms with Gasteiger partial charge in [0.15, 0.2) is 5.82 Å². The van der Waals surface area contributed by atoms with Gasteiger partial charge in [0, 0.05) is 36.7 Å². The summed E-state index contributed by atoms with van der Waals surface area (Å²) in [4.78, 5) is 80.5. The number of hydrogen-bond donors (Lipinski definition) is 7. The third-order valence-electron chi connectivity index (χ3n) is 11.0. The summed E-state index contributed by atoms with van der Waals surface area (Å²) < 4.78 is 6.13. The van der Waals surface area contributed by atoms with Crippen LogP contribution >= 0.6 is 0 Å². The van der Waals surface area contributed by atoms with Gasteiger partial charge in [0.1, 0.15) is 48.8 Å². The van der Waals surface area contributed by atoms with Crippen molar-refractivity contribution in [1.29, 1.82) is 5.26 Å². The lowest BCUT2D eigenvalue weighted by molar-refractivity contribution is -0.141. The molecule has 64 heavy (non-hydrogen) atoms. The van der Waals surface area contributed by atoms with E-state index in [9.17, 15) is 29.1 Å². The van der Waals surface area contributed by atoms with E-state index in [1.165, 1.54) is 24.9 Å². The normalized spacial score (nSPS) is 16.8. The van der Waals surface area contributed by atoms with Crippen molar-refractivity contribution in [3.63, 3.8) is 0 Å². The first-order chi connectivity index (χ1) is 30.4. The minimum Gasteiger partial charge on any atom is -0.507 e. The Balaban J connectivity index is 1.54. The molecule has 17 nitrogen and oxygen atoms in total. The Morgan fingerprint density at radius 2 is 1.69 bits per heavy atom. The summed E-state index contributed by atoms with van der Waals surface area (Å²) in [7, 11) is 3.17. The molecule has 3 aromatic carbocycles. The molecule has 0 spiro atoms. The first-order valence-electron chi connectivity index (χ1n) is 21.1. The number of amides is 5. The Hall–Kier alpha value is -6.90. The molecular formula is C47H58N10O7. The first kappa shape index (κ1) is 48.1. The summed E-state index contributed by atoms with van der Waals surface area (Å²) in [6, 6.07) is 14.3. The number of rotatable bonds is 13. The molecule has 5 amide bonds. The first-order valence-corrected chi connectivity index (χ1v) is 21.1. The van der Waals surface area contributed by atoms with Crippen LogP contribution in [0.1, 0.15) is 78.6 Å². The summed E-state index contributed by atoms with van der Waals surface area (Å²) in [6.07, 6.45) is -0.0277. The van der Waals surface area contributed by atoms with Crippen molar-refractivity contribution in [3.8, 4) is 40.1 Å². The fraction of sp³-hybridized carbons (Fsp3) is 0.404. The quantitative estimate of drug-likeness (QED) is 0.0757. The van der Waals surface area contributed by atoms with Crippen LogP contribution < -0.4 is 37.1 Å². The van der Waals surface area contributed by atoms with E-state index in [-0.39, 0.29) is 60.4 Å². The Morgan fingerprint density at radius 3 is 2.31 bits per heavy atom.